The van der Waals surface area contributed by atoms with Gasteiger partial charge in [-0.1, -0.05) is 41.5 Å². The topological polar surface area (TPSA) is 38.0 Å². The average molecular weight is 333 g/mol. The number of halogens is 4. The van der Waals surface area contributed by atoms with Gasteiger partial charge in [-0.05, 0) is 18.2 Å². The van der Waals surface area contributed by atoms with Crippen LogP contribution in [-0.2, 0) is 0 Å². The minimum absolute atomic E-state index is 0.0525. The Labute approximate surface area is 129 Å². The van der Waals surface area contributed by atoms with Crippen LogP contribution in [0, 0.1) is 11.6 Å². The molecule has 2 rings (SSSR count). The molecule has 0 aliphatic rings. The maximum Gasteiger partial charge on any atom is 0.151 e. The first-order chi connectivity index (χ1) is 9.40. The highest BCUT2D eigenvalue weighted by molar-refractivity contribution is 7.80. The van der Waals surface area contributed by atoms with E-state index in [1.165, 1.54) is 0 Å². The van der Waals surface area contributed by atoms with Crippen molar-refractivity contribution in [3.8, 4) is 0 Å². The standard InChI is InChI=1S/C13H8Cl2F2N2S/c14-7-2-1-3-10(11(7)13(18)20)19-12-8(15)4-6(16)5-9(12)17/h1-5,19H,(H2,18,20). The molecule has 2 nitrogen and oxygen atoms in total. The van der Waals surface area contributed by atoms with Crippen molar-refractivity contribution in [1.29, 1.82) is 0 Å². The summed E-state index contributed by atoms with van der Waals surface area (Å²) in [6.45, 7) is 0. The van der Waals surface area contributed by atoms with Gasteiger partial charge in [0, 0.05) is 6.07 Å². The fourth-order valence-corrected chi connectivity index (χ4v) is 2.47. The van der Waals surface area contributed by atoms with Crippen LogP contribution in [0.15, 0.2) is 30.3 Å². The normalized spacial score (nSPS) is 10.4. The van der Waals surface area contributed by atoms with E-state index in [1.807, 2.05) is 0 Å². The van der Waals surface area contributed by atoms with Crippen LogP contribution in [0.4, 0.5) is 20.2 Å². The minimum atomic E-state index is -0.830. The Balaban J connectivity index is 2.51. The third-order valence-electron chi connectivity index (χ3n) is 2.53. The fourth-order valence-electron chi connectivity index (χ4n) is 1.68. The second-order valence-electron chi connectivity index (χ2n) is 3.90. The van der Waals surface area contributed by atoms with Crippen molar-refractivity contribution in [1.82, 2.24) is 0 Å². The van der Waals surface area contributed by atoms with Gasteiger partial charge in [0.15, 0.2) is 5.82 Å². The number of hydrogen-bond donors (Lipinski definition) is 2. The van der Waals surface area contributed by atoms with Gasteiger partial charge < -0.3 is 11.1 Å². The first-order valence-electron chi connectivity index (χ1n) is 5.40. The van der Waals surface area contributed by atoms with Crippen LogP contribution in [0.2, 0.25) is 10.0 Å². The van der Waals surface area contributed by atoms with Crippen LogP contribution in [0.1, 0.15) is 5.56 Å². The van der Waals surface area contributed by atoms with Gasteiger partial charge >= 0.3 is 0 Å². The monoisotopic (exact) mass is 332 g/mol. The van der Waals surface area contributed by atoms with Crippen molar-refractivity contribution in [2.75, 3.05) is 5.32 Å². The van der Waals surface area contributed by atoms with E-state index >= 15 is 0 Å². The number of nitrogens with one attached hydrogen (secondary N) is 1. The summed E-state index contributed by atoms with van der Waals surface area (Å²) in [7, 11) is 0. The van der Waals surface area contributed by atoms with E-state index in [4.69, 9.17) is 41.2 Å². The lowest BCUT2D eigenvalue weighted by Crippen LogP contribution is -2.13. The molecule has 0 unspecified atom stereocenters. The number of anilines is 2. The first kappa shape index (κ1) is 15.0. The van der Waals surface area contributed by atoms with E-state index in [-0.39, 0.29) is 15.7 Å². The zero-order valence-electron chi connectivity index (χ0n) is 9.88. The number of benzene rings is 2. The molecule has 0 bridgehead atoms. The number of hydrogen-bond acceptors (Lipinski definition) is 2. The molecule has 20 heavy (non-hydrogen) atoms. The van der Waals surface area contributed by atoms with Crippen molar-refractivity contribution >= 4 is 51.8 Å². The van der Waals surface area contributed by atoms with Crippen molar-refractivity contribution in [3.05, 3.63) is 57.6 Å². The highest BCUT2D eigenvalue weighted by atomic mass is 35.5. The fraction of sp³-hybridized carbons (Fsp3) is 0. The predicted octanol–water partition coefficient (Wildman–Crippen LogP) is 4.65. The van der Waals surface area contributed by atoms with Crippen LogP contribution in [-0.4, -0.2) is 4.99 Å². The Kier molecular flexibility index (Phi) is 4.42. The largest absolute Gasteiger partial charge is 0.389 e. The van der Waals surface area contributed by atoms with Gasteiger partial charge in [0.05, 0.1) is 27.0 Å². The van der Waals surface area contributed by atoms with E-state index in [0.29, 0.717) is 16.3 Å². The van der Waals surface area contributed by atoms with Crippen molar-refractivity contribution in [2.24, 2.45) is 5.73 Å². The summed E-state index contributed by atoms with van der Waals surface area (Å²) < 4.78 is 26.8. The summed E-state index contributed by atoms with van der Waals surface area (Å²) in [5, 5.41) is 2.95. The molecule has 0 fully saturated rings. The third-order valence-corrected chi connectivity index (χ3v) is 3.34. The lowest BCUT2D eigenvalue weighted by atomic mass is 10.1. The molecule has 0 saturated carbocycles. The molecule has 0 heterocycles. The highest BCUT2D eigenvalue weighted by Gasteiger charge is 2.14. The van der Waals surface area contributed by atoms with Crippen molar-refractivity contribution in [3.63, 3.8) is 0 Å². The summed E-state index contributed by atoms with van der Waals surface area (Å²) in [5.74, 6) is -1.59. The zero-order chi connectivity index (χ0) is 14.9. The van der Waals surface area contributed by atoms with Crippen LogP contribution in [0.3, 0.4) is 0 Å². The van der Waals surface area contributed by atoms with Crippen molar-refractivity contribution in [2.45, 2.75) is 0 Å². The molecule has 0 atom stereocenters. The molecule has 3 N–H and O–H groups in total. The maximum atomic E-state index is 13.7. The number of nitrogens with two attached hydrogens (primary N) is 1. The molecule has 0 radical (unpaired) electrons. The quantitative estimate of drug-likeness (QED) is 0.803. The lowest BCUT2D eigenvalue weighted by Gasteiger charge is -2.14. The molecule has 0 aromatic heterocycles. The SMILES string of the molecule is NC(=S)c1c(Cl)cccc1Nc1c(F)cc(F)cc1Cl. The smallest absolute Gasteiger partial charge is 0.151 e. The highest BCUT2D eigenvalue weighted by Crippen LogP contribution is 2.32. The summed E-state index contributed by atoms with van der Waals surface area (Å²) in [6.07, 6.45) is 0. The average Bonchev–Trinajstić information content (AvgIpc) is 2.33. The molecule has 7 heteroatoms. The Hall–Kier alpha value is -1.43. The molecule has 0 saturated heterocycles. The van der Waals surface area contributed by atoms with Gasteiger partial charge in [-0.2, -0.15) is 0 Å². The van der Waals surface area contributed by atoms with Gasteiger partial charge in [-0.25, -0.2) is 8.78 Å². The summed E-state index contributed by atoms with van der Waals surface area (Å²) >= 11 is 16.7. The molecule has 0 aliphatic carbocycles. The van der Waals surface area contributed by atoms with E-state index in [2.05, 4.69) is 5.32 Å². The number of thiocarbonyl (C=S) groups is 1. The summed E-state index contributed by atoms with van der Waals surface area (Å²) in [6, 6.07) is 6.57. The third kappa shape index (κ3) is 3.00. The van der Waals surface area contributed by atoms with Gasteiger partial charge in [-0.15, -0.1) is 0 Å². The maximum absolute atomic E-state index is 13.7. The Morgan fingerprint density at radius 2 is 1.85 bits per heavy atom. The van der Waals surface area contributed by atoms with E-state index in [0.717, 1.165) is 12.1 Å². The van der Waals surface area contributed by atoms with Gasteiger partial charge in [-0.3, -0.25) is 0 Å². The van der Waals surface area contributed by atoms with E-state index in [9.17, 15) is 8.78 Å². The van der Waals surface area contributed by atoms with E-state index < -0.39 is 11.6 Å². The second-order valence-corrected chi connectivity index (χ2v) is 5.15. The van der Waals surface area contributed by atoms with Crippen LogP contribution in [0.25, 0.3) is 0 Å². The molecular formula is C13H8Cl2F2N2S. The number of rotatable bonds is 3. The van der Waals surface area contributed by atoms with Crippen molar-refractivity contribution < 1.29 is 8.78 Å². The Morgan fingerprint density at radius 1 is 1.15 bits per heavy atom. The first-order valence-corrected chi connectivity index (χ1v) is 6.56. The molecule has 104 valence electrons. The second kappa shape index (κ2) is 5.91. The Bertz CT molecular complexity index is 669. The van der Waals surface area contributed by atoms with Gasteiger partial charge in [0.25, 0.3) is 0 Å². The summed E-state index contributed by atoms with van der Waals surface area (Å²) in [5.41, 5.74) is 6.26. The van der Waals surface area contributed by atoms with Crippen LogP contribution in [0.5, 0.6) is 0 Å². The summed E-state index contributed by atoms with van der Waals surface area (Å²) in [4.78, 5) is 0.0525. The molecular weight excluding hydrogens is 325 g/mol. The lowest BCUT2D eigenvalue weighted by molar-refractivity contribution is 0.586. The molecule has 2 aromatic rings. The Morgan fingerprint density at radius 3 is 2.45 bits per heavy atom. The molecule has 0 amide bonds. The molecule has 0 aliphatic heterocycles. The minimum Gasteiger partial charge on any atom is -0.389 e. The van der Waals surface area contributed by atoms with E-state index in [1.54, 1.807) is 18.2 Å². The van der Waals surface area contributed by atoms with Crippen LogP contribution < -0.4 is 11.1 Å². The van der Waals surface area contributed by atoms with Crippen LogP contribution >= 0.6 is 35.4 Å². The molecule has 2 aromatic carbocycles. The van der Waals surface area contributed by atoms with Gasteiger partial charge in [0.1, 0.15) is 10.8 Å². The zero-order valence-corrected chi connectivity index (χ0v) is 12.2. The van der Waals surface area contributed by atoms with Gasteiger partial charge in [0.2, 0.25) is 0 Å². The molecule has 0 spiro atoms. The predicted molar refractivity (Wildman–Crippen MR) is 82.0 cm³/mol.